The lowest BCUT2D eigenvalue weighted by molar-refractivity contribution is 0.0616. The van der Waals surface area contributed by atoms with E-state index in [9.17, 15) is 4.79 Å². The summed E-state index contributed by atoms with van der Waals surface area (Å²) in [6, 6.07) is 7.12. The Morgan fingerprint density at radius 1 is 1.25 bits per heavy atom. The molecular formula is C14H15Cl2N3O. The number of amides is 1. The van der Waals surface area contributed by atoms with Gasteiger partial charge in [0.2, 0.25) is 0 Å². The molecule has 1 saturated heterocycles. The fraction of sp³-hybridized carbons (Fsp3) is 0.429. The number of carbonyl (C=O) groups excluding carboxylic acids is 1. The van der Waals surface area contributed by atoms with E-state index in [0.29, 0.717) is 41.8 Å². The number of halogens is 2. The number of nitrogens with zero attached hydrogens (tertiary/aromatic N) is 3. The molecular weight excluding hydrogens is 297 g/mol. The molecule has 0 saturated carbocycles. The van der Waals surface area contributed by atoms with E-state index in [1.165, 1.54) is 0 Å². The summed E-state index contributed by atoms with van der Waals surface area (Å²) in [5.41, 5.74) is 0.359. The molecule has 0 aliphatic carbocycles. The second-order valence-electron chi connectivity index (χ2n) is 4.73. The molecule has 4 nitrogen and oxygen atoms in total. The van der Waals surface area contributed by atoms with Crippen LogP contribution in [0, 0.1) is 11.3 Å². The summed E-state index contributed by atoms with van der Waals surface area (Å²) >= 11 is 12.1. The third-order valence-electron chi connectivity index (χ3n) is 3.51. The van der Waals surface area contributed by atoms with Gasteiger partial charge in [0.15, 0.2) is 0 Å². The molecule has 0 N–H and O–H groups in total. The van der Waals surface area contributed by atoms with Crippen LogP contribution < -0.4 is 0 Å². The third kappa shape index (κ3) is 3.06. The first kappa shape index (κ1) is 15.1. The van der Waals surface area contributed by atoms with Crippen molar-refractivity contribution < 1.29 is 4.79 Å². The van der Waals surface area contributed by atoms with E-state index in [2.05, 4.69) is 11.0 Å². The van der Waals surface area contributed by atoms with E-state index in [1.807, 2.05) is 6.92 Å². The smallest absolute Gasteiger partial charge is 0.256 e. The molecule has 1 aliphatic rings. The Morgan fingerprint density at radius 3 is 2.30 bits per heavy atom. The monoisotopic (exact) mass is 311 g/mol. The van der Waals surface area contributed by atoms with Gasteiger partial charge in [-0.25, -0.2) is 0 Å². The van der Waals surface area contributed by atoms with Crippen molar-refractivity contribution in [2.24, 2.45) is 0 Å². The number of hydrogen-bond donors (Lipinski definition) is 0. The highest BCUT2D eigenvalue weighted by Gasteiger charge is 2.26. The maximum Gasteiger partial charge on any atom is 0.256 e. The standard InChI is InChI=1S/C14H15Cl2N3O/c1-10(9-17)18-5-7-19(8-6-18)14(20)13-11(15)3-2-4-12(13)16/h2-4,10H,5-8H2,1H3. The summed E-state index contributed by atoms with van der Waals surface area (Å²) < 4.78 is 0. The molecule has 1 aromatic rings. The van der Waals surface area contributed by atoms with Crippen molar-refractivity contribution in [3.05, 3.63) is 33.8 Å². The molecule has 1 atom stereocenters. The lowest BCUT2D eigenvalue weighted by Gasteiger charge is -2.36. The van der Waals surface area contributed by atoms with Gasteiger partial charge in [0.05, 0.1) is 27.7 Å². The van der Waals surface area contributed by atoms with Crippen LogP contribution in [0.25, 0.3) is 0 Å². The minimum Gasteiger partial charge on any atom is -0.336 e. The van der Waals surface area contributed by atoms with Gasteiger partial charge < -0.3 is 4.90 Å². The van der Waals surface area contributed by atoms with Crippen molar-refractivity contribution in [3.8, 4) is 6.07 Å². The first-order chi connectivity index (χ1) is 9.54. The van der Waals surface area contributed by atoms with Crippen LogP contribution >= 0.6 is 23.2 Å². The molecule has 1 heterocycles. The zero-order valence-corrected chi connectivity index (χ0v) is 12.7. The molecule has 1 aromatic carbocycles. The van der Waals surface area contributed by atoms with Crippen molar-refractivity contribution in [3.63, 3.8) is 0 Å². The van der Waals surface area contributed by atoms with E-state index in [1.54, 1.807) is 23.1 Å². The van der Waals surface area contributed by atoms with Gasteiger partial charge in [-0.2, -0.15) is 5.26 Å². The maximum atomic E-state index is 12.5. The molecule has 1 aliphatic heterocycles. The Bertz CT molecular complexity index is 528. The SMILES string of the molecule is CC(C#N)N1CCN(C(=O)c2c(Cl)cccc2Cl)CC1. The van der Waals surface area contributed by atoms with Crippen LogP contribution in [0.3, 0.4) is 0 Å². The summed E-state index contributed by atoms with van der Waals surface area (Å²) in [5.74, 6) is -0.148. The van der Waals surface area contributed by atoms with Crippen LogP contribution in [-0.2, 0) is 0 Å². The molecule has 0 bridgehead atoms. The minimum absolute atomic E-state index is 0.129. The Labute approximate surface area is 128 Å². The van der Waals surface area contributed by atoms with Gasteiger partial charge in [0, 0.05) is 26.2 Å². The lowest BCUT2D eigenvalue weighted by atomic mass is 10.1. The van der Waals surface area contributed by atoms with Gasteiger partial charge in [-0.15, -0.1) is 0 Å². The predicted octanol–water partition coefficient (Wildman–Crippen LogP) is 2.66. The van der Waals surface area contributed by atoms with Crippen molar-refractivity contribution in [1.82, 2.24) is 9.80 Å². The zero-order chi connectivity index (χ0) is 14.7. The van der Waals surface area contributed by atoms with Crippen LogP contribution in [-0.4, -0.2) is 47.9 Å². The number of carbonyl (C=O) groups is 1. The average Bonchev–Trinajstić information content (AvgIpc) is 2.46. The molecule has 2 rings (SSSR count). The van der Waals surface area contributed by atoms with Crippen LogP contribution in [0.15, 0.2) is 18.2 Å². The lowest BCUT2D eigenvalue weighted by Crippen LogP contribution is -2.51. The van der Waals surface area contributed by atoms with Gasteiger partial charge in [-0.1, -0.05) is 29.3 Å². The van der Waals surface area contributed by atoms with E-state index in [-0.39, 0.29) is 11.9 Å². The van der Waals surface area contributed by atoms with Gasteiger partial charge in [0.1, 0.15) is 0 Å². The van der Waals surface area contributed by atoms with Crippen molar-refractivity contribution in [1.29, 1.82) is 5.26 Å². The molecule has 0 aromatic heterocycles. The van der Waals surface area contributed by atoms with E-state index < -0.39 is 0 Å². The van der Waals surface area contributed by atoms with Crippen LogP contribution in [0.2, 0.25) is 10.0 Å². The van der Waals surface area contributed by atoms with Crippen LogP contribution in [0.5, 0.6) is 0 Å². The summed E-state index contributed by atoms with van der Waals surface area (Å²) in [6.07, 6.45) is 0. The minimum atomic E-state index is -0.148. The normalized spacial score (nSPS) is 17.6. The number of benzene rings is 1. The summed E-state index contributed by atoms with van der Waals surface area (Å²) in [4.78, 5) is 16.2. The Kier molecular flexibility index (Phi) is 4.87. The van der Waals surface area contributed by atoms with Crippen LogP contribution in [0.4, 0.5) is 0 Å². The highest BCUT2D eigenvalue weighted by atomic mass is 35.5. The first-order valence-electron chi connectivity index (χ1n) is 6.41. The number of nitriles is 1. The Balaban J connectivity index is 2.08. The Hall–Kier alpha value is -1.28. The molecule has 106 valence electrons. The number of hydrogen-bond acceptors (Lipinski definition) is 3. The quantitative estimate of drug-likeness (QED) is 0.843. The topological polar surface area (TPSA) is 47.3 Å². The first-order valence-corrected chi connectivity index (χ1v) is 7.17. The highest BCUT2D eigenvalue weighted by molar-refractivity contribution is 6.39. The van der Waals surface area contributed by atoms with Crippen LogP contribution in [0.1, 0.15) is 17.3 Å². The molecule has 0 radical (unpaired) electrons. The van der Waals surface area contributed by atoms with Crippen molar-refractivity contribution in [2.75, 3.05) is 26.2 Å². The molecule has 20 heavy (non-hydrogen) atoms. The fourth-order valence-electron chi connectivity index (χ4n) is 2.25. The second kappa shape index (κ2) is 6.45. The van der Waals surface area contributed by atoms with Gasteiger partial charge in [-0.3, -0.25) is 9.69 Å². The largest absolute Gasteiger partial charge is 0.336 e. The molecule has 6 heteroatoms. The maximum absolute atomic E-state index is 12.5. The molecule has 1 amide bonds. The van der Waals surface area contributed by atoms with E-state index in [0.717, 1.165) is 0 Å². The fourth-order valence-corrected chi connectivity index (χ4v) is 2.81. The number of rotatable bonds is 2. The second-order valence-corrected chi connectivity index (χ2v) is 5.54. The highest BCUT2D eigenvalue weighted by Crippen LogP contribution is 2.26. The summed E-state index contributed by atoms with van der Waals surface area (Å²) in [5, 5.41) is 9.65. The average molecular weight is 312 g/mol. The Morgan fingerprint density at radius 2 is 1.80 bits per heavy atom. The van der Waals surface area contributed by atoms with Gasteiger partial charge in [-0.05, 0) is 19.1 Å². The van der Waals surface area contributed by atoms with E-state index in [4.69, 9.17) is 28.5 Å². The van der Waals surface area contributed by atoms with Crippen molar-refractivity contribution >= 4 is 29.1 Å². The van der Waals surface area contributed by atoms with Gasteiger partial charge in [0.25, 0.3) is 5.91 Å². The predicted molar refractivity (Wildman–Crippen MR) is 79.0 cm³/mol. The third-order valence-corrected chi connectivity index (χ3v) is 4.14. The van der Waals surface area contributed by atoms with Crippen molar-refractivity contribution in [2.45, 2.75) is 13.0 Å². The van der Waals surface area contributed by atoms with E-state index >= 15 is 0 Å². The molecule has 0 spiro atoms. The zero-order valence-electron chi connectivity index (χ0n) is 11.1. The van der Waals surface area contributed by atoms with Gasteiger partial charge >= 0.3 is 0 Å². The summed E-state index contributed by atoms with van der Waals surface area (Å²) in [6.45, 7) is 4.38. The molecule has 1 unspecified atom stereocenters. The molecule has 1 fully saturated rings. The number of piperazine rings is 1. The summed E-state index contributed by atoms with van der Waals surface area (Å²) in [7, 11) is 0.